The zero-order valence-corrected chi connectivity index (χ0v) is 18.7. The van der Waals surface area contributed by atoms with Gasteiger partial charge in [0.2, 0.25) is 5.95 Å². The molecule has 0 radical (unpaired) electrons. The van der Waals surface area contributed by atoms with E-state index in [1.54, 1.807) is 6.33 Å². The molecule has 5 rings (SSSR count). The molecule has 2 aromatic carbocycles. The number of aromatic nitrogens is 4. The number of fused-ring (bicyclic) bond motifs is 1. The number of ether oxygens (including phenoxy) is 2. The van der Waals surface area contributed by atoms with E-state index >= 15 is 0 Å². The molecule has 4 atom stereocenters. The number of hydrogen-bond donors (Lipinski definition) is 3. The smallest absolute Gasteiger partial charge is 0.224 e. The molecule has 1 saturated carbocycles. The fourth-order valence-electron chi connectivity index (χ4n) is 4.60. The molecular formula is C25H28N6O3. The summed E-state index contributed by atoms with van der Waals surface area (Å²) in [6, 6.07) is 19.6. The van der Waals surface area contributed by atoms with Crippen molar-refractivity contribution < 1.29 is 14.6 Å². The van der Waals surface area contributed by atoms with E-state index in [-0.39, 0.29) is 29.8 Å². The maximum atomic E-state index is 11.4. The molecule has 9 nitrogen and oxygen atoms in total. The van der Waals surface area contributed by atoms with Crippen LogP contribution in [0.15, 0.2) is 67.0 Å². The van der Waals surface area contributed by atoms with Crippen molar-refractivity contribution in [1.82, 2.24) is 19.5 Å². The van der Waals surface area contributed by atoms with E-state index in [4.69, 9.17) is 20.9 Å². The number of imidazole rings is 1. The lowest BCUT2D eigenvalue weighted by Gasteiger charge is -2.23. The van der Waals surface area contributed by atoms with Crippen LogP contribution in [0.1, 0.15) is 23.6 Å². The molecule has 0 spiro atoms. The monoisotopic (exact) mass is 460 g/mol. The molecule has 9 heteroatoms. The SMILES string of the molecule is Nc1nc(N)c2ncn([C@H]3C[C@H](OCc4ccccc4)[C@@H](COCc4ccccc4)[C@@H]3O)c2n1. The third-order valence-electron chi connectivity index (χ3n) is 6.34. The highest BCUT2D eigenvalue weighted by atomic mass is 16.5. The van der Waals surface area contributed by atoms with Gasteiger partial charge in [0.15, 0.2) is 11.5 Å². The second-order valence-corrected chi connectivity index (χ2v) is 8.58. The zero-order chi connectivity index (χ0) is 23.5. The zero-order valence-electron chi connectivity index (χ0n) is 18.7. The number of nitrogens with two attached hydrogens (primary N) is 2. The minimum absolute atomic E-state index is 0.0684. The van der Waals surface area contributed by atoms with Crippen molar-refractivity contribution in [2.45, 2.75) is 37.9 Å². The molecule has 1 aliphatic rings. The third kappa shape index (κ3) is 4.58. The molecule has 0 saturated heterocycles. The van der Waals surface area contributed by atoms with Crippen molar-refractivity contribution in [3.8, 4) is 0 Å². The Hall–Kier alpha value is -3.53. The van der Waals surface area contributed by atoms with Crippen LogP contribution >= 0.6 is 0 Å². The summed E-state index contributed by atoms with van der Waals surface area (Å²) in [6.07, 6.45) is 1.25. The summed E-state index contributed by atoms with van der Waals surface area (Å²) < 4.78 is 14.1. The predicted octanol–water partition coefficient (Wildman–Crippen LogP) is 2.71. The predicted molar refractivity (Wildman–Crippen MR) is 128 cm³/mol. The topological polar surface area (TPSA) is 134 Å². The van der Waals surface area contributed by atoms with Crippen LogP contribution in [0.25, 0.3) is 11.2 Å². The Morgan fingerprint density at radius 3 is 2.32 bits per heavy atom. The highest BCUT2D eigenvalue weighted by Crippen LogP contribution is 2.39. The van der Waals surface area contributed by atoms with Crippen molar-refractivity contribution in [2.24, 2.45) is 5.92 Å². The second kappa shape index (κ2) is 9.76. The lowest BCUT2D eigenvalue weighted by Crippen LogP contribution is -2.31. The second-order valence-electron chi connectivity index (χ2n) is 8.58. The van der Waals surface area contributed by atoms with Gasteiger partial charge in [0.25, 0.3) is 0 Å². The fourth-order valence-corrected chi connectivity index (χ4v) is 4.60. The average Bonchev–Trinajstić information content (AvgIpc) is 3.40. The van der Waals surface area contributed by atoms with Crippen molar-refractivity contribution in [3.63, 3.8) is 0 Å². The standard InChI is InChI=1S/C25H28N6O3/c26-23-21-24(30-25(27)29-23)31(15-28-21)19-11-20(34-13-17-9-5-2-6-10-17)18(22(19)32)14-33-12-16-7-3-1-4-8-16/h1-10,15,18-20,22,32H,11-14H2,(H4,26,27,29,30)/t18-,19+,20+,22+/m1/s1. The Kier molecular flexibility index (Phi) is 6.39. The Labute approximate surface area is 197 Å². The van der Waals surface area contributed by atoms with Gasteiger partial charge in [-0.2, -0.15) is 9.97 Å². The fraction of sp³-hybridized carbons (Fsp3) is 0.320. The van der Waals surface area contributed by atoms with E-state index in [1.807, 2.05) is 65.2 Å². The van der Waals surface area contributed by atoms with Gasteiger partial charge in [-0.1, -0.05) is 60.7 Å². The van der Waals surface area contributed by atoms with Crippen LogP contribution in [0, 0.1) is 5.92 Å². The molecule has 0 bridgehead atoms. The van der Waals surface area contributed by atoms with E-state index in [9.17, 15) is 5.11 Å². The largest absolute Gasteiger partial charge is 0.390 e. The van der Waals surface area contributed by atoms with Gasteiger partial charge in [-0.25, -0.2) is 4.98 Å². The first-order valence-electron chi connectivity index (χ1n) is 11.3. The number of nitrogens with zero attached hydrogens (tertiary/aromatic N) is 4. The van der Waals surface area contributed by atoms with Crippen molar-refractivity contribution >= 4 is 22.9 Å². The Balaban J connectivity index is 1.37. The highest BCUT2D eigenvalue weighted by molar-refractivity contribution is 5.82. The first-order valence-corrected chi connectivity index (χ1v) is 11.3. The maximum Gasteiger partial charge on any atom is 0.224 e. The molecule has 5 N–H and O–H groups in total. The minimum atomic E-state index is -0.730. The van der Waals surface area contributed by atoms with Crippen molar-refractivity contribution in [3.05, 3.63) is 78.1 Å². The van der Waals surface area contributed by atoms with Crippen LogP contribution in [-0.2, 0) is 22.7 Å². The van der Waals surface area contributed by atoms with Gasteiger partial charge in [-0.3, -0.25) is 0 Å². The van der Waals surface area contributed by atoms with E-state index < -0.39 is 6.10 Å². The van der Waals surface area contributed by atoms with Gasteiger partial charge in [-0.05, 0) is 17.5 Å². The molecule has 0 amide bonds. The van der Waals surface area contributed by atoms with E-state index in [0.29, 0.717) is 37.4 Å². The summed E-state index contributed by atoms with van der Waals surface area (Å²) in [4.78, 5) is 12.7. The van der Waals surface area contributed by atoms with Crippen LogP contribution in [0.2, 0.25) is 0 Å². The van der Waals surface area contributed by atoms with Crippen LogP contribution in [-0.4, -0.2) is 43.4 Å². The van der Waals surface area contributed by atoms with Crippen LogP contribution in [0.4, 0.5) is 11.8 Å². The molecule has 1 fully saturated rings. The van der Waals surface area contributed by atoms with Crippen LogP contribution < -0.4 is 11.5 Å². The number of aliphatic hydroxyl groups is 1. The lowest BCUT2D eigenvalue weighted by atomic mass is 10.0. The average molecular weight is 461 g/mol. The van der Waals surface area contributed by atoms with Crippen LogP contribution in [0.3, 0.4) is 0 Å². The van der Waals surface area contributed by atoms with Crippen molar-refractivity contribution in [2.75, 3.05) is 18.1 Å². The summed E-state index contributed by atoms with van der Waals surface area (Å²) in [6.45, 7) is 1.28. The molecule has 34 heavy (non-hydrogen) atoms. The number of anilines is 2. The maximum absolute atomic E-state index is 11.4. The van der Waals surface area contributed by atoms with Gasteiger partial charge in [0, 0.05) is 5.92 Å². The molecule has 0 aliphatic heterocycles. The summed E-state index contributed by atoms with van der Waals surface area (Å²) in [5, 5.41) is 11.4. The van der Waals surface area contributed by atoms with Gasteiger partial charge in [-0.15, -0.1) is 0 Å². The van der Waals surface area contributed by atoms with E-state index in [0.717, 1.165) is 11.1 Å². The molecular weight excluding hydrogens is 432 g/mol. The van der Waals surface area contributed by atoms with Gasteiger partial charge in [0.1, 0.15) is 5.52 Å². The van der Waals surface area contributed by atoms with E-state index in [2.05, 4.69) is 15.0 Å². The van der Waals surface area contributed by atoms with E-state index in [1.165, 1.54) is 0 Å². The summed E-state index contributed by atoms with van der Waals surface area (Å²) >= 11 is 0. The Bertz CT molecular complexity index is 1230. The first kappa shape index (κ1) is 22.3. The molecule has 1 aliphatic carbocycles. The molecule has 4 aromatic rings. The summed E-state index contributed by atoms with van der Waals surface area (Å²) in [5.41, 5.74) is 14.9. The molecule has 176 valence electrons. The number of hydrogen-bond acceptors (Lipinski definition) is 8. The normalized spacial score (nSPS) is 22.4. The molecule has 0 unspecified atom stereocenters. The first-order chi connectivity index (χ1) is 16.6. The number of benzene rings is 2. The third-order valence-corrected chi connectivity index (χ3v) is 6.34. The summed E-state index contributed by atoms with van der Waals surface area (Å²) in [7, 11) is 0. The number of rotatable bonds is 8. The highest BCUT2D eigenvalue weighted by Gasteiger charge is 2.44. The quantitative estimate of drug-likeness (QED) is 0.365. The molecule has 2 aromatic heterocycles. The van der Waals surface area contributed by atoms with Gasteiger partial charge in [0.05, 0.1) is 44.4 Å². The Morgan fingerprint density at radius 1 is 0.941 bits per heavy atom. The van der Waals surface area contributed by atoms with Gasteiger partial charge < -0.3 is 30.6 Å². The van der Waals surface area contributed by atoms with Crippen LogP contribution in [0.5, 0.6) is 0 Å². The number of nitrogen functional groups attached to an aromatic ring is 2. The molecule has 2 heterocycles. The lowest BCUT2D eigenvalue weighted by molar-refractivity contribution is -0.0475. The number of aliphatic hydroxyl groups excluding tert-OH is 1. The summed E-state index contributed by atoms with van der Waals surface area (Å²) in [5.74, 6) is 0.0543. The minimum Gasteiger partial charge on any atom is -0.390 e. The van der Waals surface area contributed by atoms with Gasteiger partial charge >= 0.3 is 0 Å². The van der Waals surface area contributed by atoms with Crippen molar-refractivity contribution in [1.29, 1.82) is 0 Å². The Morgan fingerprint density at radius 2 is 1.62 bits per heavy atom.